The maximum atomic E-state index is 12.2. The molecule has 102 valence electrons. The number of piperidine rings is 2. The zero-order valence-electron chi connectivity index (χ0n) is 10.4. The number of carboxylic acids is 1. The summed E-state index contributed by atoms with van der Waals surface area (Å²) in [5.41, 5.74) is 0. The molecule has 0 aromatic heterocycles. The molecule has 2 amide bonds. The molecule has 2 saturated heterocycles. The van der Waals surface area contributed by atoms with Crippen LogP contribution in [-0.4, -0.2) is 64.3 Å². The Morgan fingerprint density at radius 2 is 1.61 bits per heavy atom. The molecule has 6 nitrogen and oxygen atoms in total. The van der Waals surface area contributed by atoms with Crippen molar-refractivity contribution in [1.82, 2.24) is 9.80 Å². The van der Waals surface area contributed by atoms with Gasteiger partial charge in [-0.05, 0) is 25.7 Å². The highest BCUT2D eigenvalue weighted by molar-refractivity contribution is 5.76. The first-order chi connectivity index (χ1) is 8.58. The van der Waals surface area contributed by atoms with Gasteiger partial charge in [-0.15, -0.1) is 0 Å². The third-order valence-corrected chi connectivity index (χ3v) is 3.71. The van der Waals surface area contributed by atoms with E-state index in [0.717, 1.165) is 19.3 Å². The number of hydrogen-bond acceptors (Lipinski definition) is 3. The fraction of sp³-hybridized carbons (Fsp3) is 0.833. The average molecular weight is 256 g/mol. The van der Waals surface area contributed by atoms with Crippen LogP contribution in [0.2, 0.25) is 0 Å². The number of aliphatic hydroxyl groups is 1. The first-order valence-corrected chi connectivity index (χ1v) is 6.52. The van der Waals surface area contributed by atoms with Gasteiger partial charge in [0.25, 0.3) is 0 Å². The Morgan fingerprint density at radius 1 is 1.00 bits per heavy atom. The summed E-state index contributed by atoms with van der Waals surface area (Å²) in [5, 5.41) is 18.6. The summed E-state index contributed by atoms with van der Waals surface area (Å²) < 4.78 is 0. The lowest BCUT2D eigenvalue weighted by Crippen LogP contribution is -2.52. The SMILES string of the molecule is O=C(O)[C@H]1CCCN(C(=O)N2CCCC(O)C2)C1. The van der Waals surface area contributed by atoms with E-state index in [1.54, 1.807) is 9.80 Å². The van der Waals surface area contributed by atoms with Gasteiger partial charge in [0.1, 0.15) is 0 Å². The Balaban J connectivity index is 1.93. The van der Waals surface area contributed by atoms with Crippen molar-refractivity contribution in [3.63, 3.8) is 0 Å². The molecule has 2 aliphatic heterocycles. The molecule has 2 aliphatic rings. The van der Waals surface area contributed by atoms with Crippen LogP contribution in [0.3, 0.4) is 0 Å². The number of hydrogen-bond donors (Lipinski definition) is 2. The third-order valence-electron chi connectivity index (χ3n) is 3.71. The van der Waals surface area contributed by atoms with Gasteiger partial charge in [0.05, 0.1) is 12.0 Å². The van der Waals surface area contributed by atoms with Crippen molar-refractivity contribution >= 4 is 12.0 Å². The number of aliphatic carboxylic acids is 1. The summed E-state index contributed by atoms with van der Waals surface area (Å²) in [6.45, 7) is 1.94. The second-order valence-electron chi connectivity index (χ2n) is 5.15. The van der Waals surface area contributed by atoms with Crippen LogP contribution in [-0.2, 0) is 4.79 Å². The number of likely N-dealkylation sites (tertiary alicyclic amines) is 2. The summed E-state index contributed by atoms with van der Waals surface area (Å²) in [4.78, 5) is 26.4. The fourth-order valence-corrected chi connectivity index (χ4v) is 2.68. The van der Waals surface area contributed by atoms with E-state index >= 15 is 0 Å². The number of carbonyl (C=O) groups excluding carboxylic acids is 1. The fourth-order valence-electron chi connectivity index (χ4n) is 2.68. The van der Waals surface area contributed by atoms with E-state index in [4.69, 9.17) is 5.11 Å². The molecule has 0 spiro atoms. The van der Waals surface area contributed by atoms with Gasteiger partial charge in [-0.2, -0.15) is 0 Å². The molecule has 1 unspecified atom stereocenters. The smallest absolute Gasteiger partial charge is 0.320 e. The summed E-state index contributed by atoms with van der Waals surface area (Å²) in [6.07, 6.45) is 2.48. The monoisotopic (exact) mass is 256 g/mol. The predicted octanol–water partition coefficient (Wildman–Crippen LogP) is 0.360. The van der Waals surface area contributed by atoms with Gasteiger partial charge < -0.3 is 20.0 Å². The molecular formula is C12H20N2O4. The maximum absolute atomic E-state index is 12.2. The molecule has 6 heteroatoms. The molecule has 2 atom stereocenters. The highest BCUT2D eigenvalue weighted by Crippen LogP contribution is 2.19. The number of nitrogens with zero attached hydrogens (tertiary/aromatic N) is 2. The summed E-state index contributed by atoms with van der Waals surface area (Å²) in [7, 11) is 0. The lowest BCUT2D eigenvalue weighted by Gasteiger charge is -2.37. The lowest BCUT2D eigenvalue weighted by molar-refractivity contribution is -0.143. The molecule has 0 aromatic carbocycles. The molecule has 0 bridgehead atoms. The normalized spacial score (nSPS) is 29.2. The number of carbonyl (C=O) groups is 2. The van der Waals surface area contributed by atoms with Gasteiger partial charge in [-0.1, -0.05) is 0 Å². The molecular weight excluding hydrogens is 236 g/mol. The van der Waals surface area contributed by atoms with Gasteiger partial charge in [0.15, 0.2) is 0 Å². The molecule has 0 saturated carbocycles. The van der Waals surface area contributed by atoms with E-state index in [0.29, 0.717) is 32.6 Å². The lowest BCUT2D eigenvalue weighted by atomic mass is 9.98. The zero-order chi connectivity index (χ0) is 13.1. The van der Waals surface area contributed by atoms with E-state index < -0.39 is 18.0 Å². The Kier molecular flexibility index (Phi) is 4.06. The van der Waals surface area contributed by atoms with Gasteiger partial charge in [0, 0.05) is 26.2 Å². The summed E-state index contributed by atoms with van der Waals surface area (Å²) >= 11 is 0. The van der Waals surface area contributed by atoms with Crippen molar-refractivity contribution < 1.29 is 19.8 Å². The van der Waals surface area contributed by atoms with E-state index in [-0.39, 0.29) is 6.03 Å². The quantitative estimate of drug-likeness (QED) is 0.709. The van der Waals surface area contributed by atoms with E-state index in [2.05, 4.69) is 0 Å². The Bertz CT molecular complexity index is 334. The van der Waals surface area contributed by atoms with Gasteiger partial charge >= 0.3 is 12.0 Å². The minimum Gasteiger partial charge on any atom is -0.481 e. The largest absolute Gasteiger partial charge is 0.481 e. The van der Waals surface area contributed by atoms with Crippen LogP contribution >= 0.6 is 0 Å². The van der Waals surface area contributed by atoms with Gasteiger partial charge in [-0.25, -0.2) is 4.79 Å². The van der Waals surface area contributed by atoms with Crippen LogP contribution in [0.25, 0.3) is 0 Å². The Labute approximate surface area is 106 Å². The third kappa shape index (κ3) is 2.93. The van der Waals surface area contributed by atoms with Crippen molar-refractivity contribution in [3.05, 3.63) is 0 Å². The number of aliphatic hydroxyl groups excluding tert-OH is 1. The van der Waals surface area contributed by atoms with E-state index in [1.807, 2.05) is 0 Å². The summed E-state index contributed by atoms with van der Waals surface area (Å²) in [5.74, 6) is -1.27. The topological polar surface area (TPSA) is 81.1 Å². The molecule has 2 heterocycles. The van der Waals surface area contributed by atoms with Crippen LogP contribution in [0, 0.1) is 5.92 Å². The number of amides is 2. The van der Waals surface area contributed by atoms with Crippen molar-refractivity contribution in [1.29, 1.82) is 0 Å². The molecule has 0 radical (unpaired) electrons. The predicted molar refractivity (Wildman–Crippen MR) is 64.1 cm³/mol. The number of urea groups is 1. The van der Waals surface area contributed by atoms with Crippen molar-refractivity contribution in [3.8, 4) is 0 Å². The second-order valence-corrected chi connectivity index (χ2v) is 5.15. The van der Waals surface area contributed by atoms with Crippen molar-refractivity contribution in [2.75, 3.05) is 26.2 Å². The Morgan fingerprint density at radius 3 is 2.22 bits per heavy atom. The average Bonchev–Trinajstić information content (AvgIpc) is 2.38. The first kappa shape index (κ1) is 13.1. The summed E-state index contributed by atoms with van der Waals surface area (Å²) in [6, 6.07) is -0.125. The van der Waals surface area contributed by atoms with Crippen LogP contribution < -0.4 is 0 Å². The van der Waals surface area contributed by atoms with Gasteiger partial charge in [-0.3, -0.25) is 4.79 Å². The number of carboxylic acid groups (broad SMARTS) is 1. The second kappa shape index (κ2) is 5.56. The molecule has 0 aromatic rings. The van der Waals surface area contributed by atoms with Crippen LogP contribution in [0.15, 0.2) is 0 Å². The standard InChI is InChI=1S/C12H20N2O4/c15-10-4-2-6-14(8-10)12(18)13-5-1-3-9(7-13)11(16)17/h9-10,15H,1-8H2,(H,16,17)/t9-,10?/m0/s1. The highest BCUT2D eigenvalue weighted by Gasteiger charge is 2.32. The van der Waals surface area contributed by atoms with Crippen molar-refractivity contribution in [2.45, 2.75) is 31.8 Å². The van der Waals surface area contributed by atoms with Crippen LogP contribution in [0.1, 0.15) is 25.7 Å². The minimum atomic E-state index is -0.828. The zero-order valence-corrected chi connectivity index (χ0v) is 10.4. The molecule has 18 heavy (non-hydrogen) atoms. The number of β-amino-alcohol motifs (C(OH)–C–C–N with tert-alkyl or cyclic N) is 1. The highest BCUT2D eigenvalue weighted by atomic mass is 16.4. The Hall–Kier alpha value is -1.30. The molecule has 2 fully saturated rings. The molecule has 0 aliphatic carbocycles. The van der Waals surface area contributed by atoms with E-state index in [1.165, 1.54) is 0 Å². The van der Waals surface area contributed by atoms with Crippen molar-refractivity contribution in [2.24, 2.45) is 5.92 Å². The molecule has 2 rings (SSSR count). The maximum Gasteiger partial charge on any atom is 0.320 e. The first-order valence-electron chi connectivity index (χ1n) is 6.52. The van der Waals surface area contributed by atoms with Crippen LogP contribution in [0.4, 0.5) is 4.79 Å². The number of rotatable bonds is 1. The van der Waals surface area contributed by atoms with Crippen LogP contribution in [0.5, 0.6) is 0 Å². The minimum absolute atomic E-state index is 0.125. The molecule has 2 N–H and O–H groups in total. The van der Waals surface area contributed by atoms with E-state index in [9.17, 15) is 14.7 Å². The van der Waals surface area contributed by atoms with Gasteiger partial charge in [0.2, 0.25) is 0 Å².